The molecule has 0 fully saturated rings. The number of fused-ring (bicyclic) bond motifs is 1. The zero-order valence-corrected chi connectivity index (χ0v) is 17.3. The Labute approximate surface area is 180 Å². The molecule has 0 radical (unpaired) electrons. The van der Waals surface area contributed by atoms with Gasteiger partial charge >= 0.3 is 0 Å². The minimum absolute atomic E-state index is 0.263. The maximum atomic E-state index is 12.6. The Morgan fingerprint density at radius 1 is 0.903 bits per heavy atom. The number of anilines is 2. The van der Waals surface area contributed by atoms with Crippen LogP contribution in [0.3, 0.4) is 0 Å². The van der Waals surface area contributed by atoms with Gasteiger partial charge in [0.05, 0.1) is 11.4 Å². The van der Waals surface area contributed by atoms with Gasteiger partial charge in [-0.1, -0.05) is 18.2 Å². The van der Waals surface area contributed by atoms with Crippen LogP contribution in [-0.2, 0) is 6.42 Å². The van der Waals surface area contributed by atoms with Gasteiger partial charge < -0.3 is 10.2 Å². The normalized spacial score (nSPS) is 12.0. The van der Waals surface area contributed by atoms with Crippen LogP contribution in [-0.4, -0.2) is 31.6 Å². The van der Waals surface area contributed by atoms with Crippen LogP contribution in [0.5, 0.6) is 0 Å². The number of nitrogens with two attached hydrogens (primary N) is 1. The van der Waals surface area contributed by atoms with E-state index in [2.05, 4.69) is 39.9 Å². The molecular weight excluding hydrogens is 390 g/mol. The van der Waals surface area contributed by atoms with Crippen LogP contribution in [0.15, 0.2) is 71.7 Å². The van der Waals surface area contributed by atoms with Crippen LogP contribution >= 0.6 is 0 Å². The minimum Gasteiger partial charge on any atom is -0.378 e. The molecule has 0 spiro atoms. The van der Waals surface area contributed by atoms with Gasteiger partial charge in [0.2, 0.25) is 0 Å². The highest BCUT2D eigenvalue weighted by Crippen LogP contribution is 2.32. The molecule has 0 aromatic heterocycles. The first kappa shape index (κ1) is 20.3. The molecule has 0 atom stereocenters. The number of carbonyl (C=O) groups is 2. The van der Waals surface area contributed by atoms with Crippen molar-refractivity contribution in [2.45, 2.75) is 6.42 Å². The van der Waals surface area contributed by atoms with Crippen LogP contribution in [0.4, 0.5) is 17.1 Å². The van der Waals surface area contributed by atoms with Crippen molar-refractivity contribution in [3.8, 4) is 0 Å². The number of nitrogens with one attached hydrogen (secondary N) is 2. The summed E-state index contributed by atoms with van der Waals surface area (Å²) in [6.07, 6.45) is 0.759. The van der Waals surface area contributed by atoms with Crippen molar-refractivity contribution in [2.24, 2.45) is 10.8 Å². The number of aliphatic imine (C=N–C) groups is 1. The highest BCUT2D eigenvalue weighted by molar-refractivity contribution is 6.08. The summed E-state index contributed by atoms with van der Waals surface area (Å²) in [5, 5.41) is 2.89. The predicted octanol–water partition coefficient (Wildman–Crippen LogP) is 3.29. The van der Waals surface area contributed by atoms with Crippen LogP contribution < -0.4 is 21.5 Å². The average molecular weight is 413 g/mol. The molecule has 2 amide bonds. The summed E-state index contributed by atoms with van der Waals surface area (Å²) in [6, 6.07) is 20.3. The number of hydrogen-bond donors (Lipinski definition) is 3. The number of hydrogen-bond acceptors (Lipinski definition) is 5. The van der Waals surface area contributed by atoms with E-state index in [-0.39, 0.29) is 5.91 Å². The summed E-state index contributed by atoms with van der Waals surface area (Å²) in [5.74, 6) is 4.45. The lowest BCUT2D eigenvalue weighted by Gasteiger charge is -2.12. The number of amides is 2. The third-order valence-electron chi connectivity index (χ3n) is 5.21. The zero-order chi connectivity index (χ0) is 22.0. The molecule has 0 aliphatic carbocycles. The molecule has 1 aliphatic heterocycles. The highest BCUT2D eigenvalue weighted by Gasteiger charge is 2.17. The first-order valence-corrected chi connectivity index (χ1v) is 9.85. The van der Waals surface area contributed by atoms with Crippen LogP contribution in [0.1, 0.15) is 31.8 Å². The molecule has 7 nitrogen and oxygen atoms in total. The Balaban J connectivity index is 1.48. The van der Waals surface area contributed by atoms with E-state index in [0.717, 1.165) is 34.6 Å². The lowest BCUT2D eigenvalue weighted by atomic mass is 10.0. The predicted molar refractivity (Wildman–Crippen MR) is 123 cm³/mol. The number of nitrogens with zero attached hydrogens (tertiary/aromatic N) is 2. The topological polar surface area (TPSA) is 99.8 Å². The SMILES string of the molecule is CN(C)c1ccc(C2=Nc3cc(NC(=O)c4ccc(C(=O)NN)cc4)ccc3C2)cc1. The molecule has 4 rings (SSSR count). The fraction of sp³-hybridized carbons (Fsp3) is 0.125. The van der Waals surface area contributed by atoms with Gasteiger partial charge in [-0.3, -0.25) is 20.0 Å². The van der Waals surface area contributed by atoms with E-state index in [0.29, 0.717) is 16.8 Å². The van der Waals surface area contributed by atoms with E-state index in [9.17, 15) is 9.59 Å². The zero-order valence-electron chi connectivity index (χ0n) is 17.3. The Morgan fingerprint density at radius 3 is 2.16 bits per heavy atom. The van der Waals surface area contributed by atoms with Crippen molar-refractivity contribution in [3.63, 3.8) is 0 Å². The summed E-state index contributed by atoms with van der Waals surface area (Å²) >= 11 is 0. The second kappa shape index (κ2) is 8.41. The maximum absolute atomic E-state index is 12.6. The molecule has 1 aliphatic rings. The molecule has 4 N–H and O–H groups in total. The average Bonchev–Trinajstić information content (AvgIpc) is 3.22. The molecule has 7 heteroatoms. The van der Waals surface area contributed by atoms with E-state index in [1.807, 2.05) is 32.3 Å². The summed E-state index contributed by atoms with van der Waals surface area (Å²) in [4.78, 5) is 30.9. The van der Waals surface area contributed by atoms with E-state index in [1.165, 1.54) is 0 Å². The van der Waals surface area contributed by atoms with Crippen molar-refractivity contribution in [1.82, 2.24) is 5.43 Å². The van der Waals surface area contributed by atoms with Crippen LogP contribution in [0.2, 0.25) is 0 Å². The monoisotopic (exact) mass is 413 g/mol. The molecule has 3 aromatic rings. The Hall–Kier alpha value is -3.97. The summed E-state index contributed by atoms with van der Waals surface area (Å²) in [5.41, 5.74) is 8.79. The quantitative estimate of drug-likeness (QED) is 0.339. The first-order valence-electron chi connectivity index (χ1n) is 9.85. The number of nitrogen functional groups attached to an aromatic ring is 1. The molecule has 3 aromatic carbocycles. The lowest BCUT2D eigenvalue weighted by molar-refractivity contribution is 0.0952. The van der Waals surface area contributed by atoms with Crippen LogP contribution in [0.25, 0.3) is 0 Å². The van der Waals surface area contributed by atoms with Gasteiger partial charge in [0.25, 0.3) is 11.8 Å². The Morgan fingerprint density at radius 2 is 1.55 bits per heavy atom. The maximum Gasteiger partial charge on any atom is 0.265 e. The van der Waals surface area contributed by atoms with E-state index in [1.54, 1.807) is 24.3 Å². The standard InChI is InChI=1S/C24H23N5O2/c1-29(2)20-11-8-15(9-12-20)21-13-18-7-10-19(14-22(18)27-21)26-23(30)16-3-5-17(6-4-16)24(31)28-25/h3-12,14H,13,25H2,1-2H3,(H,26,30)(H,28,31). The summed E-state index contributed by atoms with van der Waals surface area (Å²) < 4.78 is 0. The second-order valence-electron chi connectivity index (χ2n) is 7.53. The van der Waals surface area contributed by atoms with Crippen molar-refractivity contribution in [3.05, 3.63) is 89.0 Å². The number of hydrazine groups is 1. The Kier molecular flexibility index (Phi) is 5.51. The van der Waals surface area contributed by atoms with E-state index < -0.39 is 5.91 Å². The molecule has 0 saturated carbocycles. The molecule has 31 heavy (non-hydrogen) atoms. The van der Waals surface area contributed by atoms with Gasteiger partial charge in [-0.15, -0.1) is 0 Å². The molecule has 1 heterocycles. The van der Waals surface area contributed by atoms with Gasteiger partial charge in [0.15, 0.2) is 0 Å². The molecular formula is C24H23N5O2. The minimum atomic E-state index is -0.407. The van der Waals surface area contributed by atoms with Gasteiger partial charge in [-0.05, 0) is 59.7 Å². The fourth-order valence-electron chi connectivity index (χ4n) is 3.44. The van der Waals surface area contributed by atoms with Gasteiger partial charge in [-0.2, -0.15) is 0 Å². The third-order valence-corrected chi connectivity index (χ3v) is 5.21. The largest absolute Gasteiger partial charge is 0.378 e. The van der Waals surface area contributed by atoms with Crippen molar-refractivity contribution < 1.29 is 9.59 Å². The van der Waals surface area contributed by atoms with Crippen molar-refractivity contribution >= 4 is 34.6 Å². The highest BCUT2D eigenvalue weighted by atomic mass is 16.2. The smallest absolute Gasteiger partial charge is 0.265 e. The molecule has 0 unspecified atom stereocenters. The van der Waals surface area contributed by atoms with Crippen LogP contribution in [0, 0.1) is 0 Å². The van der Waals surface area contributed by atoms with E-state index in [4.69, 9.17) is 10.8 Å². The molecule has 0 bridgehead atoms. The lowest BCUT2D eigenvalue weighted by Crippen LogP contribution is -2.29. The molecule has 156 valence electrons. The van der Waals surface area contributed by atoms with Crippen molar-refractivity contribution in [2.75, 3.05) is 24.3 Å². The molecule has 0 saturated heterocycles. The number of carbonyl (C=O) groups excluding carboxylic acids is 2. The second-order valence-corrected chi connectivity index (χ2v) is 7.53. The Bertz CT molecular complexity index is 1170. The summed E-state index contributed by atoms with van der Waals surface area (Å²) in [6.45, 7) is 0. The third kappa shape index (κ3) is 4.31. The van der Waals surface area contributed by atoms with Gasteiger partial charge in [0.1, 0.15) is 0 Å². The first-order chi connectivity index (χ1) is 14.9. The summed E-state index contributed by atoms with van der Waals surface area (Å²) in [7, 11) is 4.03. The van der Waals surface area contributed by atoms with Gasteiger partial charge in [-0.25, -0.2) is 5.84 Å². The fourth-order valence-corrected chi connectivity index (χ4v) is 3.44. The number of benzene rings is 3. The number of rotatable bonds is 5. The van der Waals surface area contributed by atoms with E-state index >= 15 is 0 Å². The van der Waals surface area contributed by atoms with Crippen molar-refractivity contribution in [1.29, 1.82) is 0 Å². The van der Waals surface area contributed by atoms with Gasteiger partial charge in [0, 0.05) is 43.0 Å².